The highest BCUT2D eigenvalue weighted by Crippen LogP contribution is 2.37. The Hall–Kier alpha value is -0.820. The van der Waals surface area contributed by atoms with Crippen LogP contribution in [0, 0.1) is 17.8 Å². The fourth-order valence-corrected chi connectivity index (χ4v) is 3.62. The Morgan fingerprint density at radius 2 is 1.85 bits per heavy atom. The summed E-state index contributed by atoms with van der Waals surface area (Å²) in [4.78, 5) is 0. The van der Waals surface area contributed by atoms with E-state index in [-0.39, 0.29) is 0 Å². The molecule has 0 radical (unpaired) electrons. The summed E-state index contributed by atoms with van der Waals surface area (Å²) in [5.74, 6) is 2.68. The van der Waals surface area contributed by atoms with Crippen LogP contribution in [0.15, 0.2) is 30.3 Å². The van der Waals surface area contributed by atoms with Crippen LogP contribution in [0.25, 0.3) is 0 Å². The number of nitrogens with one attached hydrogen (secondary N) is 1. The summed E-state index contributed by atoms with van der Waals surface area (Å²) in [6.45, 7) is 8.07. The first-order valence-corrected chi connectivity index (χ1v) is 8.46. The van der Waals surface area contributed by atoms with Crippen molar-refractivity contribution in [3.05, 3.63) is 35.9 Å². The van der Waals surface area contributed by atoms with Gasteiger partial charge in [-0.05, 0) is 49.1 Å². The number of hydrogen-bond acceptors (Lipinski definition) is 1. The lowest BCUT2D eigenvalue weighted by Gasteiger charge is -2.36. The summed E-state index contributed by atoms with van der Waals surface area (Å²) in [5.41, 5.74) is 1.52. The lowest BCUT2D eigenvalue weighted by Crippen LogP contribution is -2.36. The van der Waals surface area contributed by atoms with Crippen LogP contribution in [-0.4, -0.2) is 12.6 Å². The van der Waals surface area contributed by atoms with E-state index in [9.17, 15) is 0 Å². The van der Waals surface area contributed by atoms with Gasteiger partial charge in [-0.3, -0.25) is 0 Å². The molecule has 1 N–H and O–H groups in total. The van der Waals surface area contributed by atoms with Crippen LogP contribution in [0.1, 0.15) is 52.0 Å². The van der Waals surface area contributed by atoms with E-state index in [2.05, 4.69) is 56.4 Å². The fraction of sp³-hybridized carbons (Fsp3) is 0.684. The molecule has 3 unspecified atom stereocenters. The highest BCUT2D eigenvalue weighted by molar-refractivity contribution is 5.15. The fourth-order valence-electron chi connectivity index (χ4n) is 3.62. The average Bonchev–Trinajstić information content (AvgIpc) is 2.46. The first-order valence-electron chi connectivity index (χ1n) is 8.46. The van der Waals surface area contributed by atoms with Gasteiger partial charge in [0.2, 0.25) is 0 Å². The molecule has 1 aromatic rings. The SMILES string of the molecule is CCC1CCC(CNC(C)C)C(Cc2ccccc2)C1. The second-order valence-corrected chi connectivity index (χ2v) is 6.86. The van der Waals surface area contributed by atoms with E-state index in [1.54, 1.807) is 0 Å². The van der Waals surface area contributed by atoms with Gasteiger partial charge in [0.1, 0.15) is 0 Å². The Labute approximate surface area is 125 Å². The van der Waals surface area contributed by atoms with Crippen molar-refractivity contribution in [2.24, 2.45) is 17.8 Å². The zero-order valence-electron chi connectivity index (χ0n) is 13.4. The predicted molar refractivity (Wildman–Crippen MR) is 87.9 cm³/mol. The van der Waals surface area contributed by atoms with Crippen molar-refractivity contribution in [1.29, 1.82) is 0 Å². The van der Waals surface area contributed by atoms with Crippen LogP contribution < -0.4 is 5.32 Å². The summed E-state index contributed by atoms with van der Waals surface area (Å²) in [7, 11) is 0. The van der Waals surface area contributed by atoms with Crippen LogP contribution in [0.5, 0.6) is 0 Å². The lowest BCUT2D eigenvalue weighted by molar-refractivity contribution is 0.169. The van der Waals surface area contributed by atoms with Gasteiger partial charge in [0.05, 0.1) is 0 Å². The van der Waals surface area contributed by atoms with Crippen molar-refractivity contribution in [2.45, 2.75) is 58.9 Å². The van der Waals surface area contributed by atoms with Crippen LogP contribution in [0.2, 0.25) is 0 Å². The second kappa shape index (κ2) is 7.83. The van der Waals surface area contributed by atoms with Gasteiger partial charge in [0, 0.05) is 6.04 Å². The molecular weight excluding hydrogens is 242 g/mol. The molecule has 0 bridgehead atoms. The monoisotopic (exact) mass is 273 g/mol. The standard InChI is InChI=1S/C19H31N/c1-4-16-10-11-18(14-20-15(2)3)19(12-16)13-17-8-6-5-7-9-17/h5-9,15-16,18-20H,4,10-14H2,1-3H3. The summed E-state index contributed by atoms with van der Waals surface area (Å²) >= 11 is 0. The van der Waals surface area contributed by atoms with E-state index >= 15 is 0 Å². The van der Waals surface area contributed by atoms with Gasteiger partial charge in [0.15, 0.2) is 0 Å². The van der Waals surface area contributed by atoms with Gasteiger partial charge in [-0.15, -0.1) is 0 Å². The van der Waals surface area contributed by atoms with Crippen LogP contribution in [-0.2, 0) is 6.42 Å². The summed E-state index contributed by atoms with van der Waals surface area (Å²) in [6.07, 6.45) is 6.90. The van der Waals surface area contributed by atoms with Crippen molar-refractivity contribution >= 4 is 0 Å². The van der Waals surface area contributed by atoms with Crippen LogP contribution >= 0.6 is 0 Å². The molecule has 0 saturated heterocycles. The predicted octanol–water partition coefficient (Wildman–Crippen LogP) is 4.67. The normalized spacial score (nSPS) is 26.9. The maximum Gasteiger partial charge on any atom is 0.00104 e. The van der Waals surface area contributed by atoms with E-state index in [1.165, 1.54) is 44.2 Å². The van der Waals surface area contributed by atoms with E-state index in [1.807, 2.05) is 0 Å². The molecule has 3 atom stereocenters. The first kappa shape index (κ1) is 15.6. The number of rotatable bonds is 6. The van der Waals surface area contributed by atoms with E-state index in [4.69, 9.17) is 0 Å². The van der Waals surface area contributed by atoms with Gasteiger partial charge in [-0.25, -0.2) is 0 Å². The second-order valence-electron chi connectivity index (χ2n) is 6.86. The highest BCUT2D eigenvalue weighted by Gasteiger charge is 2.29. The Morgan fingerprint density at radius 1 is 1.10 bits per heavy atom. The molecule has 112 valence electrons. The molecule has 1 aromatic carbocycles. The van der Waals surface area contributed by atoms with Gasteiger partial charge in [-0.2, -0.15) is 0 Å². The molecule has 1 heteroatoms. The zero-order chi connectivity index (χ0) is 14.4. The van der Waals surface area contributed by atoms with Crippen LogP contribution in [0.3, 0.4) is 0 Å². The third kappa shape index (κ3) is 4.63. The Bertz CT molecular complexity index is 371. The van der Waals surface area contributed by atoms with Gasteiger partial charge >= 0.3 is 0 Å². The molecule has 0 aliphatic heterocycles. The summed E-state index contributed by atoms with van der Waals surface area (Å²) in [5, 5.41) is 3.66. The van der Waals surface area contributed by atoms with Gasteiger partial charge in [0.25, 0.3) is 0 Å². The molecule has 0 aromatic heterocycles. The molecule has 1 saturated carbocycles. The molecule has 0 heterocycles. The van der Waals surface area contributed by atoms with Crippen LogP contribution in [0.4, 0.5) is 0 Å². The lowest BCUT2D eigenvalue weighted by atomic mass is 9.71. The molecule has 1 fully saturated rings. The molecule has 2 rings (SSSR count). The van der Waals surface area contributed by atoms with Crippen molar-refractivity contribution < 1.29 is 0 Å². The van der Waals surface area contributed by atoms with Crippen molar-refractivity contribution in [3.8, 4) is 0 Å². The molecule has 1 aliphatic carbocycles. The Kier molecular flexibility index (Phi) is 6.09. The topological polar surface area (TPSA) is 12.0 Å². The van der Waals surface area contributed by atoms with Gasteiger partial charge in [-0.1, -0.05) is 63.9 Å². The third-order valence-corrected chi connectivity index (χ3v) is 4.95. The largest absolute Gasteiger partial charge is 0.314 e. The highest BCUT2D eigenvalue weighted by atomic mass is 14.9. The van der Waals surface area contributed by atoms with E-state index in [0.717, 1.165) is 17.8 Å². The molecule has 20 heavy (non-hydrogen) atoms. The zero-order valence-corrected chi connectivity index (χ0v) is 13.4. The summed E-state index contributed by atoms with van der Waals surface area (Å²) < 4.78 is 0. The smallest absolute Gasteiger partial charge is 0.00104 e. The van der Waals surface area contributed by atoms with Crippen molar-refractivity contribution in [1.82, 2.24) is 5.32 Å². The third-order valence-electron chi connectivity index (χ3n) is 4.95. The van der Waals surface area contributed by atoms with Gasteiger partial charge < -0.3 is 5.32 Å². The minimum atomic E-state index is 0.608. The first-order chi connectivity index (χ1) is 9.69. The Balaban J connectivity index is 1.98. The molecule has 0 amide bonds. The van der Waals surface area contributed by atoms with E-state index < -0.39 is 0 Å². The molecular formula is C19H31N. The van der Waals surface area contributed by atoms with E-state index in [0.29, 0.717) is 6.04 Å². The summed E-state index contributed by atoms with van der Waals surface area (Å²) in [6, 6.07) is 11.7. The maximum absolute atomic E-state index is 3.66. The minimum Gasteiger partial charge on any atom is -0.314 e. The molecule has 0 spiro atoms. The minimum absolute atomic E-state index is 0.608. The molecule has 1 nitrogen and oxygen atoms in total. The average molecular weight is 273 g/mol. The van der Waals surface area contributed by atoms with Crippen molar-refractivity contribution in [2.75, 3.05) is 6.54 Å². The maximum atomic E-state index is 3.66. The number of benzene rings is 1. The quantitative estimate of drug-likeness (QED) is 0.794. The Morgan fingerprint density at radius 3 is 2.50 bits per heavy atom. The molecule has 1 aliphatic rings. The number of hydrogen-bond donors (Lipinski definition) is 1. The van der Waals surface area contributed by atoms with Crippen molar-refractivity contribution in [3.63, 3.8) is 0 Å².